The van der Waals surface area contributed by atoms with E-state index in [0.29, 0.717) is 16.5 Å². The van der Waals surface area contributed by atoms with Gasteiger partial charge in [-0.3, -0.25) is 9.78 Å². The van der Waals surface area contributed by atoms with Crippen molar-refractivity contribution in [2.75, 3.05) is 0 Å². The lowest BCUT2D eigenvalue weighted by Gasteiger charge is -2.08. The van der Waals surface area contributed by atoms with Gasteiger partial charge in [-0.25, -0.2) is 13.8 Å². The summed E-state index contributed by atoms with van der Waals surface area (Å²) in [5.74, 6) is -3.25. The largest absolute Gasteiger partial charge is 0.483 e. The van der Waals surface area contributed by atoms with E-state index in [0.717, 1.165) is 29.2 Å². The summed E-state index contributed by atoms with van der Waals surface area (Å²) < 4.78 is 37.0. The van der Waals surface area contributed by atoms with E-state index in [4.69, 9.17) is 10.5 Å². The molecule has 0 aliphatic carbocycles. The number of carbonyl (C=O) groups is 1. The Morgan fingerprint density at radius 2 is 2.08 bits per heavy atom. The van der Waals surface area contributed by atoms with E-state index in [1.165, 1.54) is 0 Å². The fourth-order valence-electron chi connectivity index (χ4n) is 2.03. The number of benzene rings is 1. The van der Waals surface area contributed by atoms with Gasteiger partial charge in [0.05, 0.1) is 0 Å². The van der Waals surface area contributed by atoms with Gasteiger partial charge in [0.25, 0.3) is 5.91 Å². The number of primary amides is 1. The third-order valence-electron chi connectivity index (χ3n) is 3.26. The van der Waals surface area contributed by atoms with Crippen LogP contribution in [0.1, 0.15) is 20.9 Å². The summed E-state index contributed by atoms with van der Waals surface area (Å²) in [5.41, 5.74) is 5.76. The molecule has 25 heavy (non-hydrogen) atoms. The molecule has 0 saturated heterocycles. The number of ether oxygens (including phenoxy) is 1. The number of hydrogen-bond donors (Lipinski definition) is 1. The molecule has 1 aromatic carbocycles. The quantitative estimate of drug-likeness (QED) is 0.754. The van der Waals surface area contributed by atoms with E-state index in [1.807, 2.05) is 13.0 Å². The fraction of sp³-hybridized carbons (Fsp3) is 0.125. The van der Waals surface area contributed by atoms with Crippen LogP contribution in [-0.4, -0.2) is 20.2 Å². The van der Waals surface area contributed by atoms with Crippen molar-refractivity contribution in [3.8, 4) is 17.3 Å². The molecule has 9 heteroatoms. The Labute approximate surface area is 145 Å². The Morgan fingerprint density at radius 1 is 1.28 bits per heavy atom. The first kappa shape index (κ1) is 16.9. The summed E-state index contributed by atoms with van der Waals surface area (Å²) in [6.07, 6.45) is 1.70. The predicted molar refractivity (Wildman–Crippen MR) is 87.1 cm³/mol. The van der Waals surface area contributed by atoms with Crippen molar-refractivity contribution in [3.63, 3.8) is 0 Å². The van der Waals surface area contributed by atoms with Gasteiger partial charge in [0, 0.05) is 6.20 Å². The topological polar surface area (TPSA) is 91.0 Å². The highest BCUT2D eigenvalue weighted by Crippen LogP contribution is 2.24. The van der Waals surface area contributed by atoms with Crippen LogP contribution in [0.2, 0.25) is 0 Å². The normalized spacial score (nSPS) is 10.7. The fourth-order valence-corrected chi connectivity index (χ4v) is 2.59. The van der Waals surface area contributed by atoms with Gasteiger partial charge in [0.15, 0.2) is 22.4 Å². The lowest BCUT2D eigenvalue weighted by Crippen LogP contribution is -2.16. The van der Waals surface area contributed by atoms with Crippen LogP contribution in [0.4, 0.5) is 8.78 Å². The van der Waals surface area contributed by atoms with Crippen molar-refractivity contribution < 1.29 is 18.3 Å². The summed E-state index contributed by atoms with van der Waals surface area (Å²) in [6, 6.07) is 5.68. The van der Waals surface area contributed by atoms with Crippen LogP contribution in [0.3, 0.4) is 0 Å². The number of halogens is 2. The molecule has 128 valence electrons. The number of rotatable bonds is 5. The van der Waals surface area contributed by atoms with E-state index < -0.39 is 23.1 Å². The number of aryl methyl sites for hydroxylation is 1. The van der Waals surface area contributed by atoms with Crippen LogP contribution in [0.25, 0.3) is 11.5 Å². The predicted octanol–water partition coefficient (Wildman–Crippen LogP) is 2.86. The zero-order valence-corrected chi connectivity index (χ0v) is 13.8. The molecule has 0 fully saturated rings. The third kappa shape index (κ3) is 3.61. The Kier molecular flexibility index (Phi) is 4.66. The molecule has 1 amide bonds. The first-order valence-electron chi connectivity index (χ1n) is 7.12. The number of aromatic nitrogens is 3. The second-order valence-electron chi connectivity index (χ2n) is 5.12. The zero-order chi connectivity index (χ0) is 18.0. The van der Waals surface area contributed by atoms with Crippen molar-refractivity contribution in [2.45, 2.75) is 13.5 Å². The summed E-state index contributed by atoms with van der Waals surface area (Å²) in [5, 5.41) is 0.474. The second-order valence-corrected chi connectivity index (χ2v) is 5.96. The maximum Gasteiger partial charge on any atom is 0.254 e. The Morgan fingerprint density at radius 3 is 2.76 bits per heavy atom. The molecule has 6 nitrogen and oxygen atoms in total. The Hall–Kier alpha value is -2.94. The lowest BCUT2D eigenvalue weighted by molar-refractivity contribution is 0.0991. The van der Waals surface area contributed by atoms with Gasteiger partial charge in [-0.15, -0.1) is 0 Å². The maximum absolute atomic E-state index is 14.1. The smallest absolute Gasteiger partial charge is 0.254 e. The number of hydrogen-bond acceptors (Lipinski definition) is 6. The van der Waals surface area contributed by atoms with Gasteiger partial charge in [-0.2, -0.15) is 4.37 Å². The summed E-state index contributed by atoms with van der Waals surface area (Å²) in [7, 11) is 0. The molecule has 0 atom stereocenters. The number of amides is 1. The molecule has 3 rings (SSSR count). The van der Waals surface area contributed by atoms with Crippen molar-refractivity contribution >= 4 is 17.4 Å². The average molecular weight is 362 g/mol. The van der Waals surface area contributed by atoms with E-state index >= 15 is 0 Å². The molecule has 0 unspecified atom stereocenters. The van der Waals surface area contributed by atoms with Gasteiger partial charge in [0.2, 0.25) is 0 Å². The second kappa shape index (κ2) is 6.89. The van der Waals surface area contributed by atoms with Crippen LogP contribution in [0, 0.1) is 18.6 Å². The van der Waals surface area contributed by atoms with E-state index in [9.17, 15) is 13.6 Å². The molecular formula is C16H12F2N4O2S. The lowest BCUT2D eigenvalue weighted by atomic mass is 10.2. The molecule has 0 aliphatic rings. The summed E-state index contributed by atoms with van der Waals surface area (Å²) in [4.78, 5) is 19.6. The summed E-state index contributed by atoms with van der Waals surface area (Å²) >= 11 is 1.07. The molecular weight excluding hydrogens is 350 g/mol. The molecule has 0 saturated carbocycles. The molecule has 2 N–H and O–H groups in total. The van der Waals surface area contributed by atoms with Crippen molar-refractivity contribution in [3.05, 3.63) is 58.2 Å². The Balaban J connectivity index is 1.76. The van der Waals surface area contributed by atoms with Crippen LogP contribution < -0.4 is 10.5 Å². The minimum atomic E-state index is -1.20. The van der Waals surface area contributed by atoms with Crippen molar-refractivity contribution in [1.29, 1.82) is 0 Å². The first-order chi connectivity index (χ1) is 12.0. The highest BCUT2D eigenvalue weighted by molar-refractivity contribution is 7.05. The monoisotopic (exact) mass is 362 g/mol. The van der Waals surface area contributed by atoms with Crippen LogP contribution in [0.15, 0.2) is 30.5 Å². The molecule has 0 aliphatic heterocycles. The number of carbonyl (C=O) groups excluding carboxylic acids is 1. The highest BCUT2D eigenvalue weighted by Gasteiger charge is 2.19. The highest BCUT2D eigenvalue weighted by atomic mass is 32.1. The first-order valence-corrected chi connectivity index (χ1v) is 7.89. The number of pyridine rings is 1. The maximum atomic E-state index is 14.1. The molecule has 2 heterocycles. The van der Waals surface area contributed by atoms with Gasteiger partial charge in [-0.05, 0) is 42.2 Å². The number of nitrogens with two attached hydrogens (primary N) is 1. The molecule has 0 radical (unpaired) electrons. The van der Waals surface area contributed by atoms with Crippen LogP contribution >= 0.6 is 11.5 Å². The van der Waals surface area contributed by atoms with Gasteiger partial charge >= 0.3 is 0 Å². The van der Waals surface area contributed by atoms with Gasteiger partial charge in [-0.1, -0.05) is 6.07 Å². The zero-order valence-electron chi connectivity index (χ0n) is 13.0. The van der Waals surface area contributed by atoms with Gasteiger partial charge in [0.1, 0.15) is 23.7 Å². The molecule has 2 aromatic heterocycles. The minimum Gasteiger partial charge on any atom is -0.483 e. The standard InChI is InChI=1S/C16H12F2N4O2S/c1-8-2-4-10(20-6-8)16-21-12(25-22-16)7-24-11-5-3-9(17)13(14(11)18)15(19)23/h2-6H,7H2,1H3,(H2,19,23). The average Bonchev–Trinajstić information content (AvgIpc) is 3.03. The Bertz CT molecular complexity index is 928. The van der Waals surface area contributed by atoms with E-state index in [2.05, 4.69) is 14.3 Å². The molecule has 0 spiro atoms. The van der Waals surface area contributed by atoms with E-state index in [-0.39, 0.29) is 12.4 Å². The SMILES string of the molecule is Cc1ccc(-c2nsc(COc3ccc(F)c(C(N)=O)c3F)n2)nc1. The molecule has 0 bridgehead atoms. The van der Waals surface area contributed by atoms with Crippen molar-refractivity contribution in [2.24, 2.45) is 5.73 Å². The van der Waals surface area contributed by atoms with Crippen LogP contribution in [-0.2, 0) is 6.61 Å². The van der Waals surface area contributed by atoms with E-state index in [1.54, 1.807) is 12.3 Å². The van der Waals surface area contributed by atoms with Crippen molar-refractivity contribution in [1.82, 2.24) is 14.3 Å². The molecule has 3 aromatic rings. The minimum absolute atomic E-state index is 0.0930. The van der Waals surface area contributed by atoms with Gasteiger partial charge < -0.3 is 10.5 Å². The van der Waals surface area contributed by atoms with Crippen LogP contribution in [0.5, 0.6) is 5.75 Å². The number of nitrogens with zero attached hydrogens (tertiary/aromatic N) is 3. The third-order valence-corrected chi connectivity index (χ3v) is 3.95. The summed E-state index contributed by atoms with van der Waals surface area (Å²) in [6.45, 7) is 1.83.